The zero-order chi connectivity index (χ0) is 17.3. The van der Waals surface area contributed by atoms with Gasteiger partial charge in [0.05, 0.1) is 12.6 Å². The number of aliphatic imine (C=N–C) groups is 1. The van der Waals surface area contributed by atoms with Gasteiger partial charge in [0.2, 0.25) is 0 Å². The third kappa shape index (κ3) is 8.85. The number of ether oxygens (including phenoxy) is 1. The lowest BCUT2D eigenvalue weighted by atomic mass is 9.89. The summed E-state index contributed by atoms with van der Waals surface area (Å²) >= 11 is 0. The molecule has 2 unspecified atom stereocenters. The van der Waals surface area contributed by atoms with Gasteiger partial charge in [-0.15, -0.1) is 24.0 Å². The molecule has 0 radical (unpaired) electrons. The van der Waals surface area contributed by atoms with Crippen LogP contribution in [0.5, 0.6) is 0 Å². The zero-order valence-electron chi connectivity index (χ0n) is 16.5. The minimum Gasteiger partial charge on any atom is -0.379 e. The van der Waals surface area contributed by atoms with Crippen LogP contribution in [-0.4, -0.2) is 63.3 Å². The Bertz CT molecular complexity index is 357. The van der Waals surface area contributed by atoms with E-state index in [0.717, 1.165) is 25.0 Å². The molecule has 0 saturated carbocycles. The van der Waals surface area contributed by atoms with E-state index in [1.165, 1.54) is 32.5 Å². The standard InChI is InChI=1S/C18H38N4O.HI/c1-7-10-22-11-9-15(14-22)12-20-17(19-8-2)21-13-16(23-6)18(3,4)5;/h15-16H,7-14H2,1-6H3,(H2,19,20,21);1H. The van der Waals surface area contributed by atoms with Crippen molar-refractivity contribution in [2.75, 3.05) is 46.4 Å². The van der Waals surface area contributed by atoms with Crippen molar-refractivity contribution in [3.8, 4) is 0 Å². The Morgan fingerprint density at radius 1 is 1.29 bits per heavy atom. The fraction of sp³-hybridized carbons (Fsp3) is 0.944. The smallest absolute Gasteiger partial charge is 0.191 e. The van der Waals surface area contributed by atoms with Gasteiger partial charge in [0, 0.05) is 26.7 Å². The Labute approximate surface area is 166 Å². The fourth-order valence-electron chi connectivity index (χ4n) is 3.06. The van der Waals surface area contributed by atoms with Crippen molar-refractivity contribution in [3.05, 3.63) is 0 Å². The molecule has 2 N–H and O–H groups in total. The Balaban J connectivity index is 0.00000529. The van der Waals surface area contributed by atoms with Crippen molar-refractivity contribution in [2.45, 2.75) is 53.6 Å². The van der Waals surface area contributed by atoms with Crippen molar-refractivity contribution in [1.82, 2.24) is 15.5 Å². The van der Waals surface area contributed by atoms with Crippen molar-refractivity contribution in [1.29, 1.82) is 0 Å². The third-order valence-electron chi connectivity index (χ3n) is 4.48. The van der Waals surface area contributed by atoms with Gasteiger partial charge in [0.25, 0.3) is 0 Å². The van der Waals surface area contributed by atoms with Gasteiger partial charge < -0.3 is 20.3 Å². The molecule has 0 amide bonds. The second-order valence-corrected chi connectivity index (χ2v) is 7.65. The van der Waals surface area contributed by atoms with E-state index in [4.69, 9.17) is 9.73 Å². The monoisotopic (exact) mass is 454 g/mol. The van der Waals surface area contributed by atoms with E-state index in [1.54, 1.807) is 7.11 Å². The predicted octanol–water partition coefficient (Wildman–Crippen LogP) is 2.95. The number of halogens is 1. The number of rotatable bonds is 8. The molecule has 1 aliphatic heterocycles. The Morgan fingerprint density at radius 2 is 2.00 bits per heavy atom. The lowest BCUT2D eigenvalue weighted by Gasteiger charge is -2.28. The number of hydrogen-bond acceptors (Lipinski definition) is 3. The summed E-state index contributed by atoms with van der Waals surface area (Å²) < 4.78 is 5.59. The molecule has 5 nitrogen and oxygen atoms in total. The van der Waals surface area contributed by atoms with E-state index in [9.17, 15) is 0 Å². The number of nitrogens with one attached hydrogen (secondary N) is 2. The minimum atomic E-state index is 0. The van der Waals surface area contributed by atoms with E-state index in [2.05, 4.69) is 50.2 Å². The van der Waals surface area contributed by atoms with Crippen LogP contribution in [0.2, 0.25) is 0 Å². The number of nitrogens with zero attached hydrogens (tertiary/aromatic N) is 2. The minimum absolute atomic E-state index is 0. The first-order valence-corrected chi connectivity index (χ1v) is 9.18. The third-order valence-corrected chi connectivity index (χ3v) is 4.48. The van der Waals surface area contributed by atoms with Crippen LogP contribution in [-0.2, 0) is 4.74 Å². The van der Waals surface area contributed by atoms with Crippen LogP contribution >= 0.6 is 24.0 Å². The highest BCUT2D eigenvalue weighted by Crippen LogP contribution is 2.21. The molecule has 0 bridgehead atoms. The molecular formula is C18H39IN4O. The molecule has 1 fully saturated rings. The van der Waals surface area contributed by atoms with Crippen molar-refractivity contribution < 1.29 is 4.74 Å². The maximum Gasteiger partial charge on any atom is 0.191 e. The molecule has 0 aliphatic carbocycles. The molecule has 0 aromatic rings. The second kappa shape index (κ2) is 12.3. The maximum atomic E-state index is 5.59. The zero-order valence-corrected chi connectivity index (χ0v) is 18.9. The normalized spacial score (nSPS) is 20.6. The molecule has 0 spiro atoms. The molecule has 144 valence electrons. The summed E-state index contributed by atoms with van der Waals surface area (Å²) in [6, 6.07) is 0. The second-order valence-electron chi connectivity index (χ2n) is 7.65. The van der Waals surface area contributed by atoms with Gasteiger partial charge in [0.15, 0.2) is 5.96 Å². The molecule has 6 heteroatoms. The summed E-state index contributed by atoms with van der Waals surface area (Å²) in [6.07, 6.45) is 2.66. The molecule has 2 atom stereocenters. The van der Waals surface area contributed by atoms with Crippen LogP contribution in [0.4, 0.5) is 0 Å². The SMILES string of the molecule is CCCN1CCC(CNC(=NCC(OC)C(C)(C)C)NCC)C1.I. The quantitative estimate of drug-likeness (QED) is 0.337. The number of likely N-dealkylation sites (tertiary alicyclic amines) is 1. The fourth-order valence-corrected chi connectivity index (χ4v) is 3.06. The first-order valence-electron chi connectivity index (χ1n) is 9.18. The van der Waals surface area contributed by atoms with Gasteiger partial charge >= 0.3 is 0 Å². The largest absolute Gasteiger partial charge is 0.379 e. The van der Waals surface area contributed by atoms with Crippen LogP contribution in [0.15, 0.2) is 4.99 Å². The Kier molecular flexibility index (Phi) is 12.3. The van der Waals surface area contributed by atoms with E-state index < -0.39 is 0 Å². The molecule has 1 heterocycles. The summed E-state index contributed by atoms with van der Waals surface area (Å²) in [5.41, 5.74) is 0.0989. The number of methoxy groups -OCH3 is 1. The van der Waals surface area contributed by atoms with Gasteiger partial charge in [-0.25, -0.2) is 0 Å². The number of hydrogen-bond donors (Lipinski definition) is 2. The molecule has 1 aliphatic rings. The van der Waals surface area contributed by atoms with E-state index in [0.29, 0.717) is 6.54 Å². The average Bonchev–Trinajstić information content (AvgIpc) is 2.92. The van der Waals surface area contributed by atoms with Crippen LogP contribution in [0.1, 0.15) is 47.5 Å². The van der Waals surface area contributed by atoms with Gasteiger partial charge in [-0.05, 0) is 44.2 Å². The van der Waals surface area contributed by atoms with E-state index in [-0.39, 0.29) is 35.5 Å². The highest BCUT2D eigenvalue weighted by Gasteiger charge is 2.24. The highest BCUT2D eigenvalue weighted by molar-refractivity contribution is 14.0. The van der Waals surface area contributed by atoms with Crippen LogP contribution in [0.25, 0.3) is 0 Å². The molecule has 1 rings (SSSR count). The molecule has 0 aromatic carbocycles. The first-order chi connectivity index (χ1) is 10.9. The van der Waals surface area contributed by atoms with Crippen LogP contribution in [0, 0.1) is 11.3 Å². The summed E-state index contributed by atoms with van der Waals surface area (Å²) in [6.45, 7) is 17.2. The van der Waals surface area contributed by atoms with Gasteiger partial charge in [0.1, 0.15) is 0 Å². The van der Waals surface area contributed by atoms with Crippen LogP contribution in [0.3, 0.4) is 0 Å². The van der Waals surface area contributed by atoms with Crippen molar-refractivity contribution in [2.24, 2.45) is 16.3 Å². The van der Waals surface area contributed by atoms with Gasteiger partial charge in [-0.3, -0.25) is 4.99 Å². The summed E-state index contributed by atoms with van der Waals surface area (Å²) in [7, 11) is 1.77. The lowest BCUT2D eigenvalue weighted by molar-refractivity contribution is 0.0241. The molecule has 0 aromatic heterocycles. The Hall–Kier alpha value is -0.0800. The summed E-state index contributed by atoms with van der Waals surface area (Å²) in [5, 5.41) is 6.86. The van der Waals surface area contributed by atoms with E-state index in [1.807, 2.05) is 0 Å². The summed E-state index contributed by atoms with van der Waals surface area (Å²) in [5.74, 6) is 1.64. The van der Waals surface area contributed by atoms with Crippen LogP contribution < -0.4 is 10.6 Å². The average molecular weight is 454 g/mol. The van der Waals surface area contributed by atoms with Gasteiger partial charge in [-0.1, -0.05) is 27.7 Å². The Morgan fingerprint density at radius 3 is 2.54 bits per heavy atom. The first kappa shape index (κ1) is 23.9. The van der Waals surface area contributed by atoms with Crippen molar-refractivity contribution >= 4 is 29.9 Å². The predicted molar refractivity (Wildman–Crippen MR) is 114 cm³/mol. The molecule has 1 saturated heterocycles. The van der Waals surface area contributed by atoms with Crippen molar-refractivity contribution in [3.63, 3.8) is 0 Å². The molecular weight excluding hydrogens is 415 g/mol. The number of guanidine groups is 1. The van der Waals surface area contributed by atoms with E-state index >= 15 is 0 Å². The molecule has 24 heavy (non-hydrogen) atoms. The maximum absolute atomic E-state index is 5.59. The highest BCUT2D eigenvalue weighted by atomic mass is 127. The summed E-state index contributed by atoms with van der Waals surface area (Å²) in [4.78, 5) is 7.29. The topological polar surface area (TPSA) is 48.9 Å². The lowest BCUT2D eigenvalue weighted by Crippen LogP contribution is -2.41. The van der Waals surface area contributed by atoms with Gasteiger partial charge in [-0.2, -0.15) is 0 Å².